The summed E-state index contributed by atoms with van der Waals surface area (Å²) in [7, 11) is 1.75. The zero-order valence-corrected chi connectivity index (χ0v) is 18.8. The Balaban J connectivity index is 1.39. The van der Waals surface area contributed by atoms with Crippen LogP contribution in [0.3, 0.4) is 0 Å². The quantitative estimate of drug-likeness (QED) is 0.475. The molecule has 2 aliphatic rings. The van der Waals surface area contributed by atoms with E-state index in [0.717, 1.165) is 74.0 Å². The SMILES string of the molecule is COc1ccccc1C1CCCc2nc3ccc(-c4cnc(N5CCOCC5)nc4)cn3c21. The van der Waals surface area contributed by atoms with Crippen LogP contribution in [-0.2, 0) is 11.2 Å². The highest BCUT2D eigenvalue weighted by molar-refractivity contribution is 5.64. The second-order valence-corrected chi connectivity index (χ2v) is 8.65. The zero-order valence-electron chi connectivity index (χ0n) is 18.8. The molecule has 0 radical (unpaired) electrons. The van der Waals surface area contributed by atoms with Gasteiger partial charge < -0.3 is 18.8 Å². The van der Waals surface area contributed by atoms with E-state index in [2.05, 4.69) is 49.7 Å². The summed E-state index contributed by atoms with van der Waals surface area (Å²) < 4.78 is 13.4. The molecule has 1 aliphatic heterocycles. The monoisotopic (exact) mass is 441 g/mol. The summed E-state index contributed by atoms with van der Waals surface area (Å²) in [6.45, 7) is 3.11. The lowest BCUT2D eigenvalue weighted by atomic mass is 9.84. The molecular weight excluding hydrogens is 414 g/mol. The number of pyridine rings is 1. The molecule has 4 aromatic rings. The fraction of sp³-hybridized carbons (Fsp3) is 0.346. The van der Waals surface area contributed by atoms with Gasteiger partial charge in [-0.2, -0.15) is 0 Å². The van der Waals surface area contributed by atoms with Crippen LogP contribution in [0.25, 0.3) is 16.8 Å². The summed E-state index contributed by atoms with van der Waals surface area (Å²) in [6, 6.07) is 12.6. The lowest BCUT2D eigenvalue weighted by Crippen LogP contribution is -2.37. The third-order valence-corrected chi connectivity index (χ3v) is 6.75. The molecule has 168 valence electrons. The van der Waals surface area contributed by atoms with Crippen molar-refractivity contribution in [1.82, 2.24) is 19.4 Å². The third-order valence-electron chi connectivity index (χ3n) is 6.75. The summed E-state index contributed by atoms with van der Waals surface area (Å²) in [5, 5.41) is 0. The number of aromatic nitrogens is 4. The number of anilines is 1. The number of ether oxygens (including phenoxy) is 2. The number of fused-ring (bicyclic) bond motifs is 3. The topological polar surface area (TPSA) is 64.8 Å². The van der Waals surface area contributed by atoms with E-state index in [1.165, 1.54) is 17.0 Å². The average Bonchev–Trinajstić information content (AvgIpc) is 3.27. The van der Waals surface area contributed by atoms with Gasteiger partial charge in [-0.05, 0) is 37.5 Å². The van der Waals surface area contributed by atoms with E-state index in [4.69, 9.17) is 14.5 Å². The lowest BCUT2D eigenvalue weighted by Gasteiger charge is -2.26. The Bertz CT molecular complexity index is 1280. The molecule has 0 saturated carbocycles. The van der Waals surface area contributed by atoms with E-state index in [0.29, 0.717) is 0 Å². The predicted molar refractivity (Wildman–Crippen MR) is 127 cm³/mol. The van der Waals surface area contributed by atoms with Gasteiger partial charge in [0.15, 0.2) is 0 Å². The van der Waals surface area contributed by atoms with Crippen molar-refractivity contribution < 1.29 is 9.47 Å². The van der Waals surface area contributed by atoms with Crippen molar-refractivity contribution in [3.8, 4) is 16.9 Å². The number of nitrogens with zero attached hydrogens (tertiary/aromatic N) is 5. The molecular formula is C26H27N5O2. The second kappa shape index (κ2) is 8.48. The van der Waals surface area contributed by atoms with Crippen LogP contribution in [0.5, 0.6) is 5.75 Å². The largest absolute Gasteiger partial charge is 0.496 e. The minimum Gasteiger partial charge on any atom is -0.496 e. The van der Waals surface area contributed by atoms with Crippen molar-refractivity contribution >= 4 is 11.6 Å². The molecule has 33 heavy (non-hydrogen) atoms. The summed E-state index contributed by atoms with van der Waals surface area (Å²) in [5.74, 6) is 1.96. The highest BCUT2D eigenvalue weighted by atomic mass is 16.5. The zero-order chi connectivity index (χ0) is 22.2. The Hall–Kier alpha value is -3.45. The van der Waals surface area contributed by atoms with E-state index >= 15 is 0 Å². The summed E-state index contributed by atoms with van der Waals surface area (Å²) in [5.41, 5.74) is 6.76. The number of methoxy groups -OCH3 is 1. The Morgan fingerprint density at radius 2 is 1.82 bits per heavy atom. The Morgan fingerprint density at radius 3 is 2.64 bits per heavy atom. The molecule has 1 unspecified atom stereocenters. The van der Waals surface area contributed by atoms with Crippen LogP contribution >= 0.6 is 0 Å². The van der Waals surface area contributed by atoms with Crippen molar-refractivity contribution in [3.05, 3.63) is 71.9 Å². The van der Waals surface area contributed by atoms with Gasteiger partial charge in [0.25, 0.3) is 0 Å². The van der Waals surface area contributed by atoms with E-state index in [-0.39, 0.29) is 5.92 Å². The highest BCUT2D eigenvalue weighted by Gasteiger charge is 2.29. The Morgan fingerprint density at radius 1 is 1.00 bits per heavy atom. The number of aryl methyl sites for hydroxylation is 1. The molecule has 1 saturated heterocycles. The fourth-order valence-electron chi connectivity index (χ4n) is 5.10. The maximum Gasteiger partial charge on any atom is 0.225 e. The molecule has 4 heterocycles. The molecule has 1 aliphatic carbocycles. The van der Waals surface area contributed by atoms with Gasteiger partial charge in [-0.3, -0.25) is 0 Å². The van der Waals surface area contributed by atoms with Crippen molar-refractivity contribution in [2.24, 2.45) is 0 Å². The molecule has 3 aromatic heterocycles. The maximum atomic E-state index is 5.70. The molecule has 0 amide bonds. The lowest BCUT2D eigenvalue weighted by molar-refractivity contribution is 0.122. The Labute approximate surface area is 193 Å². The van der Waals surface area contributed by atoms with Crippen LogP contribution < -0.4 is 9.64 Å². The second-order valence-electron chi connectivity index (χ2n) is 8.65. The summed E-state index contributed by atoms with van der Waals surface area (Å²) >= 11 is 0. The van der Waals surface area contributed by atoms with E-state index < -0.39 is 0 Å². The first-order chi connectivity index (χ1) is 16.3. The first-order valence-corrected chi connectivity index (χ1v) is 11.6. The molecule has 0 bridgehead atoms. The predicted octanol–water partition coefficient (Wildman–Crippen LogP) is 4.10. The third kappa shape index (κ3) is 3.62. The first-order valence-electron chi connectivity index (χ1n) is 11.6. The molecule has 1 atom stereocenters. The average molecular weight is 442 g/mol. The van der Waals surface area contributed by atoms with Crippen LogP contribution in [0.1, 0.15) is 35.7 Å². The first kappa shape index (κ1) is 20.2. The normalized spacial score (nSPS) is 18.3. The highest BCUT2D eigenvalue weighted by Crippen LogP contribution is 2.41. The van der Waals surface area contributed by atoms with Crippen LogP contribution in [0.2, 0.25) is 0 Å². The summed E-state index contributed by atoms with van der Waals surface area (Å²) in [4.78, 5) is 16.4. The van der Waals surface area contributed by atoms with Crippen molar-refractivity contribution in [2.45, 2.75) is 25.2 Å². The number of morpholine rings is 1. The van der Waals surface area contributed by atoms with Gasteiger partial charge in [-0.15, -0.1) is 0 Å². The number of imidazole rings is 1. The van der Waals surface area contributed by atoms with Gasteiger partial charge in [0, 0.05) is 54.3 Å². The van der Waals surface area contributed by atoms with Crippen molar-refractivity contribution in [1.29, 1.82) is 0 Å². The molecule has 7 nitrogen and oxygen atoms in total. The molecule has 1 aromatic carbocycles. The van der Waals surface area contributed by atoms with Crippen LogP contribution in [0.15, 0.2) is 55.0 Å². The number of rotatable bonds is 4. The van der Waals surface area contributed by atoms with E-state index in [1.54, 1.807) is 7.11 Å². The minimum atomic E-state index is 0.259. The van der Waals surface area contributed by atoms with Gasteiger partial charge in [0.2, 0.25) is 5.95 Å². The molecule has 1 fully saturated rings. The number of para-hydroxylation sites is 1. The molecule has 6 rings (SSSR count). The number of hydrogen-bond acceptors (Lipinski definition) is 6. The maximum absolute atomic E-state index is 5.70. The van der Waals surface area contributed by atoms with Gasteiger partial charge in [-0.1, -0.05) is 18.2 Å². The van der Waals surface area contributed by atoms with Crippen molar-refractivity contribution in [2.75, 3.05) is 38.3 Å². The fourth-order valence-corrected chi connectivity index (χ4v) is 5.10. The molecule has 0 spiro atoms. The Kier molecular flexibility index (Phi) is 5.19. The smallest absolute Gasteiger partial charge is 0.225 e. The standard InChI is InChI=1S/C26H27N5O2/c1-32-23-8-3-2-5-20(23)21-6-4-7-22-25(21)31-17-18(9-10-24(31)29-22)19-15-27-26(28-16-19)30-11-13-33-14-12-30/h2-3,5,8-10,15-17,21H,4,6-7,11-14H2,1H3. The van der Waals surface area contributed by atoms with Gasteiger partial charge in [-0.25, -0.2) is 15.0 Å². The van der Waals surface area contributed by atoms with Gasteiger partial charge >= 0.3 is 0 Å². The summed E-state index contributed by atoms with van der Waals surface area (Å²) in [6.07, 6.45) is 9.24. The van der Waals surface area contributed by atoms with Crippen LogP contribution in [-0.4, -0.2) is 52.8 Å². The van der Waals surface area contributed by atoms with Crippen molar-refractivity contribution in [3.63, 3.8) is 0 Å². The van der Waals surface area contributed by atoms with Gasteiger partial charge in [0.05, 0.1) is 31.7 Å². The number of hydrogen-bond donors (Lipinski definition) is 0. The van der Waals surface area contributed by atoms with Gasteiger partial charge in [0.1, 0.15) is 11.4 Å². The van der Waals surface area contributed by atoms with E-state index in [1.807, 2.05) is 24.5 Å². The minimum absolute atomic E-state index is 0.259. The van der Waals surface area contributed by atoms with Crippen LogP contribution in [0.4, 0.5) is 5.95 Å². The molecule has 0 N–H and O–H groups in total. The molecule has 7 heteroatoms. The van der Waals surface area contributed by atoms with Crippen LogP contribution in [0, 0.1) is 0 Å². The van der Waals surface area contributed by atoms with E-state index in [9.17, 15) is 0 Å². The number of benzene rings is 1.